The molecule has 0 saturated carbocycles. The molecule has 0 bridgehead atoms. The van der Waals surface area contributed by atoms with Crippen molar-refractivity contribution in [3.63, 3.8) is 0 Å². The lowest BCUT2D eigenvalue weighted by Crippen LogP contribution is -2.42. The Balaban J connectivity index is 1.80. The van der Waals surface area contributed by atoms with Gasteiger partial charge in [-0.15, -0.1) is 0 Å². The highest BCUT2D eigenvalue weighted by Gasteiger charge is 2.35. The standard InChI is InChI=1S/C23H19ClF4N2O4S/c24-21-11-8-17(14-20(21)23(26,27)28)30(35(32,33)19-4-2-1-3-5-19)15-22(31)29-12-13-34-18-9-6-16(25)7-10-18/h1-11,14H,12-13,15H2,(H,29,31). The molecule has 0 aliphatic heterocycles. The molecule has 0 atom stereocenters. The van der Waals surface area contributed by atoms with Crippen molar-refractivity contribution < 1.29 is 35.5 Å². The van der Waals surface area contributed by atoms with E-state index >= 15 is 0 Å². The maximum absolute atomic E-state index is 13.4. The first-order valence-electron chi connectivity index (χ1n) is 10.1. The summed E-state index contributed by atoms with van der Waals surface area (Å²) in [5.74, 6) is -0.869. The third-order valence-electron chi connectivity index (χ3n) is 4.67. The molecule has 0 heterocycles. The molecule has 0 aromatic heterocycles. The minimum atomic E-state index is -4.84. The van der Waals surface area contributed by atoms with E-state index in [0.717, 1.165) is 12.1 Å². The predicted molar refractivity (Wildman–Crippen MR) is 122 cm³/mol. The molecular formula is C23H19ClF4N2O4S. The van der Waals surface area contributed by atoms with Crippen molar-refractivity contribution in [1.82, 2.24) is 5.32 Å². The molecule has 1 N–H and O–H groups in total. The van der Waals surface area contributed by atoms with Crippen LogP contribution < -0.4 is 14.4 Å². The number of sulfonamides is 1. The third kappa shape index (κ3) is 6.86. The Morgan fingerprint density at radius 3 is 2.29 bits per heavy atom. The number of halogens is 5. The molecule has 3 rings (SSSR count). The summed E-state index contributed by atoms with van der Waals surface area (Å²) in [4.78, 5) is 12.3. The molecule has 0 unspecified atom stereocenters. The molecule has 3 aromatic rings. The number of hydrogen-bond acceptors (Lipinski definition) is 4. The second-order valence-electron chi connectivity index (χ2n) is 7.14. The normalized spacial score (nSPS) is 11.7. The number of carbonyl (C=O) groups excluding carboxylic acids is 1. The first-order valence-corrected chi connectivity index (χ1v) is 11.9. The van der Waals surface area contributed by atoms with E-state index in [4.69, 9.17) is 16.3 Å². The fraction of sp³-hybridized carbons (Fsp3) is 0.174. The van der Waals surface area contributed by atoms with Gasteiger partial charge in [-0.25, -0.2) is 12.8 Å². The Labute approximate surface area is 204 Å². The van der Waals surface area contributed by atoms with Gasteiger partial charge in [-0.05, 0) is 54.6 Å². The van der Waals surface area contributed by atoms with Crippen LogP contribution in [0.3, 0.4) is 0 Å². The largest absolute Gasteiger partial charge is 0.492 e. The smallest absolute Gasteiger partial charge is 0.417 e. The summed E-state index contributed by atoms with van der Waals surface area (Å²) in [6.45, 7) is -0.849. The molecule has 0 saturated heterocycles. The summed E-state index contributed by atoms with van der Waals surface area (Å²) in [5.41, 5.74) is -1.62. The van der Waals surface area contributed by atoms with E-state index in [0.29, 0.717) is 16.1 Å². The summed E-state index contributed by atoms with van der Waals surface area (Å²) in [6.07, 6.45) is -4.84. The quantitative estimate of drug-likeness (QED) is 0.316. The molecule has 6 nitrogen and oxygen atoms in total. The molecule has 0 aliphatic carbocycles. The highest BCUT2D eigenvalue weighted by Crippen LogP contribution is 2.38. The minimum Gasteiger partial charge on any atom is -0.492 e. The van der Waals surface area contributed by atoms with Gasteiger partial charge in [0.2, 0.25) is 5.91 Å². The van der Waals surface area contributed by atoms with Gasteiger partial charge in [0.15, 0.2) is 0 Å². The van der Waals surface area contributed by atoms with Gasteiger partial charge < -0.3 is 10.1 Å². The molecule has 35 heavy (non-hydrogen) atoms. The van der Waals surface area contributed by atoms with Gasteiger partial charge in [0.25, 0.3) is 10.0 Å². The number of rotatable bonds is 9. The highest BCUT2D eigenvalue weighted by atomic mass is 35.5. The van der Waals surface area contributed by atoms with E-state index in [1.165, 1.54) is 48.5 Å². The van der Waals surface area contributed by atoms with Crippen LogP contribution in [0.25, 0.3) is 0 Å². The number of amides is 1. The fourth-order valence-corrected chi connectivity index (χ4v) is 4.66. The summed E-state index contributed by atoms with van der Waals surface area (Å²) in [7, 11) is -4.41. The van der Waals surface area contributed by atoms with Crippen LogP contribution in [0.5, 0.6) is 5.75 Å². The van der Waals surface area contributed by atoms with Gasteiger partial charge in [0.05, 0.1) is 27.7 Å². The van der Waals surface area contributed by atoms with Crippen LogP contribution >= 0.6 is 11.6 Å². The van der Waals surface area contributed by atoms with Crippen LogP contribution in [-0.2, 0) is 21.0 Å². The Hall–Kier alpha value is -3.31. The zero-order chi connectivity index (χ0) is 25.6. The van der Waals surface area contributed by atoms with Gasteiger partial charge in [0.1, 0.15) is 24.7 Å². The van der Waals surface area contributed by atoms with Crippen molar-refractivity contribution in [1.29, 1.82) is 0 Å². The van der Waals surface area contributed by atoms with Crippen LogP contribution in [0.4, 0.5) is 23.2 Å². The van der Waals surface area contributed by atoms with E-state index in [1.54, 1.807) is 6.07 Å². The fourth-order valence-electron chi connectivity index (χ4n) is 3.00. The molecule has 1 amide bonds. The lowest BCUT2D eigenvalue weighted by Gasteiger charge is -2.25. The zero-order valence-electron chi connectivity index (χ0n) is 17.9. The van der Waals surface area contributed by atoms with E-state index in [1.807, 2.05) is 0 Å². The van der Waals surface area contributed by atoms with E-state index in [2.05, 4.69) is 5.32 Å². The van der Waals surface area contributed by atoms with Crippen LogP contribution in [0.15, 0.2) is 77.7 Å². The summed E-state index contributed by atoms with van der Waals surface area (Å²) in [5, 5.41) is 1.84. The molecule has 186 valence electrons. The van der Waals surface area contributed by atoms with Gasteiger partial charge in [-0.3, -0.25) is 9.10 Å². The highest BCUT2D eigenvalue weighted by molar-refractivity contribution is 7.92. The Bertz CT molecular complexity index is 1270. The maximum atomic E-state index is 13.4. The second kappa shape index (κ2) is 11.0. The van der Waals surface area contributed by atoms with Crippen LogP contribution in [-0.4, -0.2) is 34.0 Å². The lowest BCUT2D eigenvalue weighted by molar-refractivity contribution is -0.137. The van der Waals surface area contributed by atoms with E-state index in [9.17, 15) is 30.8 Å². The topological polar surface area (TPSA) is 75.7 Å². The summed E-state index contributed by atoms with van der Waals surface area (Å²) < 4.78 is 85.5. The minimum absolute atomic E-state index is 0.0119. The molecule has 0 spiro atoms. The molecule has 0 fully saturated rings. The van der Waals surface area contributed by atoms with Gasteiger partial charge in [-0.1, -0.05) is 29.8 Å². The number of anilines is 1. The monoisotopic (exact) mass is 530 g/mol. The van der Waals surface area contributed by atoms with Crippen molar-refractivity contribution in [2.45, 2.75) is 11.1 Å². The molecule has 0 radical (unpaired) electrons. The van der Waals surface area contributed by atoms with E-state index in [-0.39, 0.29) is 23.7 Å². The SMILES string of the molecule is O=C(CN(c1ccc(Cl)c(C(F)(F)F)c1)S(=O)(=O)c1ccccc1)NCCOc1ccc(F)cc1. The van der Waals surface area contributed by atoms with Crippen molar-refractivity contribution >= 4 is 33.2 Å². The van der Waals surface area contributed by atoms with Crippen molar-refractivity contribution in [3.8, 4) is 5.75 Å². The maximum Gasteiger partial charge on any atom is 0.417 e. The summed E-state index contributed by atoms with van der Waals surface area (Å²) in [6, 6.07) is 14.7. The average molecular weight is 531 g/mol. The van der Waals surface area contributed by atoms with Gasteiger partial charge >= 0.3 is 6.18 Å². The van der Waals surface area contributed by atoms with Crippen LogP contribution in [0, 0.1) is 5.82 Å². The number of ether oxygens (including phenoxy) is 1. The van der Waals surface area contributed by atoms with Crippen LogP contribution in [0.2, 0.25) is 5.02 Å². The number of nitrogens with one attached hydrogen (secondary N) is 1. The predicted octanol–water partition coefficient (Wildman–Crippen LogP) is 4.89. The lowest BCUT2D eigenvalue weighted by atomic mass is 10.2. The van der Waals surface area contributed by atoms with Gasteiger partial charge in [-0.2, -0.15) is 13.2 Å². The second-order valence-corrected chi connectivity index (χ2v) is 9.41. The molecule has 0 aliphatic rings. The number of hydrogen-bond donors (Lipinski definition) is 1. The molecule has 3 aromatic carbocycles. The number of carbonyl (C=O) groups is 1. The summed E-state index contributed by atoms with van der Waals surface area (Å²) >= 11 is 5.66. The van der Waals surface area contributed by atoms with Crippen molar-refractivity contribution in [3.05, 3.63) is 89.2 Å². The van der Waals surface area contributed by atoms with E-state index < -0.39 is 45.1 Å². The number of nitrogens with zero attached hydrogens (tertiary/aromatic N) is 1. The Morgan fingerprint density at radius 2 is 1.66 bits per heavy atom. The van der Waals surface area contributed by atoms with Crippen LogP contribution in [0.1, 0.15) is 5.56 Å². The molecular weight excluding hydrogens is 512 g/mol. The first kappa shape index (κ1) is 26.3. The Kier molecular flexibility index (Phi) is 8.23. The third-order valence-corrected chi connectivity index (χ3v) is 6.79. The zero-order valence-corrected chi connectivity index (χ0v) is 19.5. The number of alkyl halides is 3. The average Bonchev–Trinajstić information content (AvgIpc) is 2.81. The van der Waals surface area contributed by atoms with Crippen molar-refractivity contribution in [2.75, 3.05) is 24.0 Å². The first-order chi connectivity index (χ1) is 16.5. The number of benzene rings is 3. The Morgan fingerprint density at radius 1 is 1.00 bits per heavy atom. The van der Waals surface area contributed by atoms with Crippen molar-refractivity contribution in [2.24, 2.45) is 0 Å². The van der Waals surface area contributed by atoms with Gasteiger partial charge in [0, 0.05) is 0 Å². The molecule has 12 heteroatoms.